The average Bonchev–Trinajstić information content (AvgIpc) is 2.39. The predicted octanol–water partition coefficient (Wildman–Crippen LogP) is 5.15. The molecule has 0 spiro atoms. The molecule has 21 heavy (non-hydrogen) atoms. The molecule has 0 N–H and O–H groups in total. The molecule has 2 aromatic carbocycles. The van der Waals surface area contributed by atoms with E-state index < -0.39 is 9.05 Å². The van der Waals surface area contributed by atoms with Gasteiger partial charge in [0.2, 0.25) is 0 Å². The molecule has 2 rings (SSSR count). The Morgan fingerprint density at radius 3 is 2.33 bits per heavy atom. The maximum Gasteiger partial charge on any atom is 0.262 e. The summed E-state index contributed by atoms with van der Waals surface area (Å²) in [6.45, 7) is 0.212. The van der Waals surface area contributed by atoms with E-state index in [2.05, 4.69) is 0 Å². The van der Waals surface area contributed by atoms with Gasteiger partial charge in [-0.15, -0.1) is 0 Å². The second-order valence-electron chi connectivity index (χ2n) is 4.05. The molecule has 0 aliphatic heterocycles. The van der Waals surface area contributed by atoms with Crippen LogP contribution in [-0.2, 0) is 15.7 Å². The summed E-state index contributed by atoms with van der Waals surface area (Å²) in [5.74, 6) is 0.255. The molecule has 2 aromatic rings. The molecule has 0 amide bonds. The van der Waals surface area contributed by atoms with Gasteiger partial charge in [0.1, 0.15) is 22.3 Å². The summed E-state index contributed by atoms with van der Waals surface area (Å²) in [7, 11) is 1.29. The molecule has 0 saturated heterocycles. The van der Waals surface area contributed by atoms with E-state index in [1.807, 2.05) is 6.07 Å². The minimum absolute atomic E-state index is 0.0135. The SMILES string of the molecule is O=S(=O)(Cl)c1ccc(OCc2cccc(Cl)c2)c(Cl)c1Cl. The van der Waals surface area contributed by atoms with Crippen LogP contribution in [0, 0.1) is 0 Å². The number of hydrogen-bond donors (Lipinski definition) is 0. The molecule has 112 valence electrons. The first kappa shape index (κ1) is 16.7. The van der Waals surface area contributed by atoms with Gasteiger partial charge in [-0.1, -0.05) is 46.9 Å². The Morgan fingerprint density at radius 2 is 1.71 bits per heavy atom. The largest absolute Gasteiger partial charge is 0.487 e. The van der Waals surface area contributed by atoms with Gasteiger partial charge in [-0.05, 0) is 29.8 Å². The van der Waals surface area contributed by atoms with Crippen molar-refractivity contribution < 1.29 is 13.2 Å². The van der Waals surface area contributed by atoms with E-state index in [1.54, 1.807) is 18.2 Å². The van der Waals surface area contributed by atoms with Gasteiger partial charge in [-0.3, -0.25) is 0 Å². The van der Waals surface area contributed by atoms with Crippen LogP contribution in [0.1, 0.15) is 5.56 Å². The van der Waals surface area contributed by atoms with Gasteiger partial charge in [0, 0.05) is 15.7 Å². The maximum atomic E-state index is 11.3. The average molecular weight is 386 g/mol. The van der Waals surface area contributed by atoms with E-state index >= 15 is 0 Å². The maximum absolute atomic E-state index is 11.3. The summed E-state index contributed by atoms with van der Waals surface area (Å²) in [4.78, 5) is -0.258. The lowest BCUT2D eigenvalue weighted by Crippen LogP contribution is -1.98. The lowest BCUT2D eigenvalue weighted by molar-refractivity contribution is 0.306. The van der Waals surface area contributed by atoms with E-state index in [0.29, 0.717) is 5.02 Å². The van der Waals surface area contributed by atoms with Crippen LogP contribution in [0.15, 0.2) is 41.3 Å². The number of halogens is 4. The third kappa shape index (κ3) is 4.18. The molecule has 0 aliphatic carbocycles. The van der Waals surface area contributed by atoms with Crippen LogP contribution < -0.4 is 4.74 Å². The van der Waals surface area contributed by atoms with Crippen molar-refractivity contribution in [3.63, 3.8) is 0 Å². The highest BCUT2D eigenvalue weighted by atomic mass is 35.7. The summed E-state index contributed by atoms with van der Waals surface area (Å²) in [5.41, 5.74) is 0.837. The first-order valence-electron chi connectivity index (χ1n) is 5.59. The lowest BCUT2D eigenvalue weighted by Gasteiger charge is -2.11. The first-order valence-corrected chi connectivity index (χ1v) is 9.03. The van der Waals surface area contributed by atoms with Crippen LogP contribution in [0.25, 0.3) is 0 Å². The monoisotopic (exact) mass is 384 g/mol. The Hall–Kier alpha value is -0.650. The van der Waals surface area contributed by atoms with E-state index in [0.717, 1.165) is 5.56 Å². The van der Waals surface area contributed by atoms with Crippen LogP contribution in [0.3, 0.4) is 0 Å². The molecule has 8 heteroatoms. The van der Waals surface area contributed by atoms with E-state index in [1.165, 1.54) is 12.1 Å². The van der Waals surface area contributed by atoms with Crippen molar-refractivity contribution in [3.8, 4) is 5.75 Å². The Balaban J connectivity index is 2.24. The molecule has 0 atom stereocenters. The standard InChI is InChI=1S/C13H8Cl4O3S/c14-9-3-1-2-8(6-9)7-20-10-4-5-11(21(17,18)19)13(16)12(10)15/h1-6H,7H2. The van der Waals surface area contributed by atoms with Crippen molar-refractivity contribution in [2.24, 2.45) is 0 Å². The molecule has 0 aliphatic rings. The van der Waals surface area contributed by atoms with Crippen molar-refractivity contribution in [2.75, 3.05) is 0 Å². The molecule has 0 fully saturated rings. The Labute approximate surface area is 141 Å². The molecule has 0 heterocycles. The number of benzene rings is 2. The van der Waals surface area contributed by atoms with Gasteiger partial charge in [0.25, 0.3) is 9.05 Å². The van der Waals surface area contributed by atoms with Crippen molar-refractivity contribution in [3.05, 3.63) is 57.0 Å². The van der Waals surface area contributed by atoms with Crippen LogP contribution in [-0.4, -0.2) is 8.42 Å². The van der Waals surface area contributed by atoms with Crippen LogP contribution in [0.4, 0.5) is 0 Å². The Morgan fingerprint density at radius 1 is 1.00 bits per heavy atom. The number of rotatable bonds is 4. The second kappa shape index (κ2) is 6.63. The Kier molecular flexibility index (Phi) is 5.28. The number of hydrogen-bond acceptors (Lipinski definition) is 3. The number of ether oxygens (including phenoxy) is 1. The third-order valence-corrected chi connectivity index (χ3v) is 5.13. The van der Waals surface area contributed by atoms with E-state index in [-0.39, 0.29) is 27.3 Å². The van der Waals surface area contributed by atoms with Gasteiger partial charge in [0.05, 0.1) is 5.02 Å². The highest BCUT2D eigenvalue weighted by Crippen LogP contribution is 2.38. The molecular formula is C13H8Cl4O3S. The van der Waals surface area contributed by atoms with Gasteiger partial charge >= 0.3 is 0 Å². The summed E-state index contributed by atoms with van der Waals surface area (Å²) in [5, 5.41) is 0.402. The quantitative estimate of drug-likeness (QED) is 0.683. The van der Waals surface area contributed by atoms with Crippen LogP contribution in [0.5, 0.6) is 5.75 Å². The molecule has 0 radical (unpaired) electrons. The topological polar surface area (TPSA) is 43.4 Å². The molecular weight excluding hydrogens is 378 g/mol. The van der Waals surface area contributed by atoms with Crippen LogP contribution in [0.2, 0.25) is 15.1 Å². The molecule has 0 unspecified atom stereocenters. The van der Waals surface area contributed by atoms with E-state index in [4.69, 9.17) is 50.2 Å². The highest BCUT2D eigenvalue weighted by Gasteiger charge is 2.19. The van der Waals surface area contributed by atoms with Crippen molar-refractivity contribution in [2.45, 2.75) is 11.5 Å². The summed E-state index contributed by atoms with van der Waals surface area (Å²) >= 11 is 17.8. The summed E-state index contributed by atoms with van der Waals surface area (Å²) in [6.07, 6.45) is 0. The van der Waals surface area contributed by atoms with Crippen molar-refractivity contribution in [1.82, 2.24) is 0 Å². The minimum atomic E-state index is -3.96. The molecule has 0 saturated carbocycles. The van der Waals surface area contributed by atoms with E-state index in [9.17, 15) is 8.42 Å². The van der Waals surface area contributed by atoms with Gasteiger partial charge in [-0.2, -0.15) is 0 Å². The summed E-state index contributed by atoms with van der Waals surface area (Å²) < 4.78 is 28.1. The molecule has 0 aromatic heterocycles. The fourth-order valence-electron chi connectivity index (χ4n) is 1.60. The lowest BCUT2D eigenvalue weighted by atomic mass is 10.2. The zero-order valence-corrected chi connectivity index (χ0v) is 14.2. The zero-order chi connectivity index (χ0) is 15.6. The fraction of sp³-hybridized carbons (Fsp3) is 0.0769. The normalized spacial score (nSPS) is 11.4. The molecule has 0 bridgehead atoms. The third-order valence-electron chi connectivity index (χ3n) is 2.56. The predicted molar refractivity (Wildman–Crippen MR) is 85.3 cm³/mol. The van der Waals surface area contributed by atoms with Gasteiger partial charge in [0.15, 0.2) is 0 Å². The minimum Gasteiger partial charge on any atom is -0.487 e. The highest BCUT2D eigenvalue weighted by molar-refractivity contribution is 8.13. The smallest absolute Gasteiger partial charge is 0.262 e. The zero-order valence-electron chi connectivity index (χ0n) is 10.3. The van der Waals surface area contributed by atoms with Crippen molar-refractivity contribution in [1.29, 1.82) is 0 Å². The van der Waals surface area contributed by atoms with Crippen molar-refractivity contribution >= 4 is 54.5 Å². The first-order chi connectivity index (χ1) is 9.79. The molecule has 3 nitrogen and oxygen atoms in total. The Bertz CT molecular complexity index is 775. The fourth-order valence-corrected chi connectivity index (χ4v) is 3.60. The summed E-state index contributed by atoms with van der Waals surface area (Å²) in [6, 6.07) is 9.75. The van der Waals surface area contributed by atoms with Gasteiger partial charge in [-0.25, -0.2) is 8.42 Å². The second-order valence-corrected chi connectivity index (χ2v) is 7.77. The van der Waals surface area contributed by atoms with Crippen LogP contribution >= 0.6 is 45.5 Å². The van der Waals surface area contributed by atoms with Gasteiger partial charge < -0.3 is 4.74 Å².